The summed E-state index contributed by atoms with van der Waals surface area (Å²) in [7, 11) is 0. The lowest BCUT2D eigenvalue weighted by molar-refractivity contribution is 1.12. The average Bonchev–Trinajstić information content (AvgIpc) is 2.25. The first-order valence-electron chi connectivity index (χ1n) is 4.57. The van der Waals surface area contributed by atoms with Crippen molar-refractivity contribution in [1.82, 2.24) is 9.97 Å². The number of nitrogens with zero attached hydrogens (tertiary/aromatic N) is 2. The van der Waals surface area contributed by atoms with Crippen LogP contribution in [-0.4, -0.2) is 9.97 Å². The minimum absolute atomic E-state index is 0.584. The van der Waals surface area contributed by atoms with E-state index in [1.165, 1.54) is 0 Å². The lowest BCUT2D eigenvalue weighted by Gasteiger charge is -2.02. The first-order chi connectivity index (χ1) is 7.25. The van der Waals surface area contributed by atoms with Gasteiger partial charge in [0.1, 0.15) is 10.8 Å². The van der Waals surface area contributed by atoms with Crippen molar-refractivity contribution in [2.75, 3.05) is 5.73 Å². The minimum atomic E-state index is 0.584. The van der Waals surface area contributed by atoms with Gasteiger partial charge in [0.15, 0.2) is 0 Å². The number of hydrogen-bond acceptors (Lipinski definition) is 4. The third-order valence-electron chi connectivity index (χ3n) is 1.95. The van der Waals surface area contributed by atoms with Crippen molar-refractivity contribution >= 4 is 17.6 Å². The van der Waals surface area contributed by atoms with Gasteiger partial charge < -0.3 is 5.73 Å². The predicted molar refractivity (Wildman–Crippen MR) is 61.7 cm³/mol. The van der Waals surface area contributed by atoms with Crippen molar-refractivity contribution in [3.05, 3.63) is 42.2 Å². The Hall–Kier alpha value is -1.55. The summed E-state index contributed by atoms with van der Waals surface area (Å²) in [5, 5.41) is 0.962. The second-order valence-corrected chi connectivity index (χ2v) is 4.24. The van der Waals surface area contributed by atoms with Crippen LogP contribution in [0.3, 0.4) is 0 Å². The fourth-order valence-corrected chi connectivity index (χ4v) is 1.99. The fourth-order valence-electron chi connectivity index (χ4n) is 1.14. The Kier molecular flexibility index (Phi) is 2.87. The molecule has 0 fully saturated rings. The molecule has 0 aliphatic heterocycles. The summed E-state index contributed by atoms with van der Waals surface area (Å²) in [6.45, 7) is 1.95. The van der Waals surface area contributed by atoms with Gasteiger partial charge in [-0.25, -0.2) is 9.97 Å². The van der Waals surface area contributed by atoms with E-state index in [1.54, 1.807) is 24.2 Å². The molecule has 2 aromatic heterocycles. The number of nitrogen functional groups attached to an aromatic ring is 1. The molecule has 0 aliphatic carbocycles. The molecule has 2 heterocycles. The number of anilines is 1. The van der Waals surface area contributed by atoms with Crippen molar-refractivity contribution in [3.63, 3.8) is 0 Å². The van der Waals surface area contributed by atoms with E-state index < -0.39 is 0 Å². The first-order valence-corrected chi connectivity index (χ1v) is 5.38. The number of rotatable bonds is 2. The van der Waals surface area contributed by atoms with E-state index >= 15 is 0 Å². The molecule has 0 radical (unpaired) electrons. The van der Waals surface area contributed by atoms with Crippen molar-refractivity contribution in [2.45, 2.75) is 16.8 Å². The molecule has 2 rings (SSSR count). The Morgan fingerprint density at radius 3 is 2.80 bits per heavy atom. The van der Waals surface area contributed by atoms with E-state index in [-0.39, 0.29) is 0 Å². The zero-order valence-electron chi connectivity index (χ0n) is 8.34. The highest BCUT2D eigenvalue weighted by molar-refractivity contribution is 7.99. The van der Waals surface area contributed by atoms with Gasteiger partial charge in [0.2, 0.25) is 0 Å². The van der Waals surface area contributed by atoms with E-state index in [4.69, 9.17) is 5.73 Å². The van der Waals surface area contributed by atoms with Gasteiger partial charge in [0.05, 0.1) is 0 Å². The summed E-state index contributed by atoms with van der Waals surface area (Å²) in [6.07, 6.45) is 3.54. The normalized spacial score (nSPS) is 10.2. The molecular weight excluding hydrogens is 206 g/mol. The first kappa shape index (κ1) is 9.98. The number of aryl methyl sites for hydroxylation is 1. The lowest BCUT2D eigenvalue weighted by Crippen LogP contribution is -1.93. The van der Waals surface area contributed by atoms with Crippen LogP contribution in [0.2, 0.25) is 0 Å². The maximum Gasteiger partial charge on any atom is 0.126 e. The number of aromatic nitrogens is 2. The second-order valence-electron chi connectivity index (χ2n) is 3.14. The molecule has 0 saturated carbocycles. The van der Waals surface area contributed by atoms with Crippen LogP contribution in [0.5, 0.6) is 0 Å². The van der Waals surface area contributed by atoms with Crippen LogP contribution in [0.4, 0.5) is 5.82 Å². The molecule has 0 bridgehead atoms. The van der Waals surface area contributed by atoms with Crippen molar-refractivity contribution in [1.29, 1.82) is 0 Å². The van der Waals surface area contributed by atoms with Crippen LogP contribution in [0.1, 0.15) is 5.56 Å². The highest BCUT2D eigenvalue weighted by Gasteiger charge is 2.00. The maximum absolute atomic E-state index is 5.65. The maximum atomic E-state index is 5.65. The van der Waals surface area contributed by atoms with Gasteiger partial charge in [-0.15, -0.1) is 0 Å². The highest BCUT2D eigenvalue weighted by Crippen LogP contribution is 2.26. The summed E-state index contributed by atoms with van der Waals surface area (Å²) in [5.74, 6) is 0.584. The Labute approximate surface area is 92.8 Å². The quantitative estimate of drug-likeness (QED) is 0.839. The molecule has 4 heteroatoms. The van der Waals surface area contributed by atoms with Gasteiger partial charge in [-0.05, 0) is 30.7 Å². The smallest absolute Gasteiger partial charge is 0.126 e. The van der Waals surface area contributed by atoms with Gasteiger partial charge in [0.25, 0.3) is 0 Å². The van der Waals surface area contributed by atoms with Crippen LogP contribution < -0.4 is 5.73 Å². The van der Waals surface area contributed by atoms with Gasteiger partial charge in [0, 0.05) is 17.3 Å². The molecule has 0 spiro atoms. The molecule has 76 valence electrons. The average molecular weight is 217 g/mol. The van der Waals surface area contributed by atoms with E-state index in [9.17, 15) is 0 Å². The van der Waals surface area contributed by atoms with E-state index in [1.807, 2.05) is 31.2 Å². The topological polar surface area (TPSA) is 51.8 Å². The summed E-state index contributed by atoms with van der Waals surface area (Å²) in [6, 6.07) is 7.85. The molecule has 0 saturated heterocycles. The van der Waals surface area contributed by atoms with Gasteiger partial charge in [-0.1, -0.05) is 17.8 Å². The van der Waals surface area contributed by atoms with E-state index in [0.29, 0.717) is 5.82 Å². The number of nitrogens with two attached hydrogens (primary N) is 1. The molecule has 2 N–H and O–H groups in total. The van der Waals surface area contributed by atoms with Crippen molar-refractivity contribution < 1.29 is 0 Å². The molecule has 0 aliphatic rings. The van der Waals surface area contributed by atoms with Crippen LogP contribution in [0.25, 0.3) is 0 Å². The standard InChI is InChI=1S/C11H11N3S/c1-8-6-9(7-14-11(8)12)15-10-4-2-3-5-13-10/h2-7H,1H3,(H2,12,14). The third-order valence-corrected chi connectivity index (χ3v) is 2.86. The van der Waals surface area contributed by atoms with Crippen LogP contribution in [0, 0.1) is 6.92 Å². The van der Waals surface area contributed by atoms with Gasteiger partial charge >= 0.3 is 0 Å². The van der Waals surface area contributed by atoms with Gasteiger partial charge in [-0.2, -0.15) is 0 Å². The largest absolute Gasteiger partial charge is 0.383 e. The highest BCUT2D eigenvalue weighted by atomic mass is 32.2. The van der Waals surface area contributed by atoms with Gasteiger partial charge in [-0.3, -0.25) is 0 Å². The SMILES string of the molecule is Cc1cc(Sc2ccccn2)cnc1N. The zero-order chi connectivity index (χ0) is 10.7. The van der Waals surface area contributed by atoms with E-state index in [2.05, 4.69) is 9.97 Å². The fraction of sp³-hybridized carbons (Fsp3) is 0.0909. The van der Waals surface area contributed by atoms with Crippen LogP contribution in [0.15, 0.2) is 46.6 Å². The monoisotopic (exact) mass is 217 g/mol. The molecule has 2 aromatic rings. The van der Waals surface area contributed by atoms with Crippen molar-refractivity contribution in [3.8, 4) is 0 Å². The number of hydrogen-bond donors (Lipinski definition) is 1. The zero-order valence-corrected chi connectivity index (χ0v) is 9.16. The molecule has 0 unspecified atom stereocenters. The molecule has 0 amide bonds. The summed E-state index contributed by atoms with van der Waals surface area (Å²) in [5.41, 5.74) is 6.64. The molecule has 3 nitrogen and oxygen atoms in total. The summed E-state index contributed by atoms with van der Waals surface area (Å²) >= 11 is 1.58. The lowest BCUT2D eigenvalue weighted by atomic mass is 10.3. The minimum Gasteiger partial charge on any atom is -0.383 e. The Bertz CT molecular complexity index is 457. The summed E-state index contributed by atoms with van der Waals surface area (Å²) < 4.78 is 0. The molecular formula is C11H11N3S. The predicted octanol–water partition coefficient (Wildman–Crippen LogP) is 2.52. The molecule has 0 atom stereocenters. The van der Waals surface area contributed by atoms with Crippen molar-refractivity contribution in [2.24, 2.45) is 0 Å². The third kappa shape index (κ3) is 2.47. The Morgan fingerprint density at radius 2 is 2.13 bits per heavy atom. The molecule has 15 heavy (non-hydrogen) atoms. The molecule has 0 aromatic carbocycles. The van der Waals surface area contributed by atoms with Crippen LogP contribution >= 0.6 is 11.8 Å². The van der Waals surface area contributed by atoms with E-state index in [0.717, 1.165) is 15.5 Å². The Balaban J connectivity index is 2.22. The second kappa shape index (κ2) is 4.31. The Morgan fingerprint density at radius 1 is 1.27 bits per heavy atom. The number of pyridine rings is 2. The van der Waals surface area contributed by atoms with Crippen LogP contribution in [-0.2, 0) is 0 Å². The summed E-state index contributed by atoms with van der Waals surface area (Å²) in [4.78, 5) is 9.39.